The first kappa shape index (κ1) is 20.4. The Morgan fingerprint density at radius 2 is 1.48 bits per heavy atom. The molecule has 4 bridgehead atoms. The maximum absolute atomic E-state index is 13.2. The van der Waals surface area contributed by atoms with Crippen molar-refractivity contribution < 1.29 is 31.5 Å². The molecular weight excluding hydrogens is 402 g/mol. The van der Waals surface area contributed by atoms with Gasteiger partial charge in [-0.05, 0) is 87.5 Å². The summed E-state index contributed by atoms with van der Waals surface area (Å²) in [7, 11) is -4.72. The van der Waals surface area contributed by atoms with Gasteiger partial charge in [-0.15, -0.1) is 0 Å². The number of esters is 1. The van der Waals surface area contributed by atoms with E-state index in [0.29, 0.717) is 17.8 Å². The van der Waals surface area contributed by atoms with Crippen molar-refractivity contribution in [3.63, 3.8) is 0 Å². The highest BCUT2D eigenvalue weighted by molar-refractivity contribution is 7.91. The van der Waals surface area contributed by atoms with Gasteiger partial charge in [0.05, 0.1) is 10.5 Å². The molecule has 4 aliphatic carbocycles. The molecule has 0 amide bonds. The fourth-order valence-electron chi connectivity index (χ4n) is 6.01. The maximum atomic E-state index is 13.2. The second-order valence-corrected chi connectivity index (χ2v) is 10.9. The number of halogens is 2. The number of sulfone groups is 1. The molecule has 1 unspecified atom stereocenters. The van der Waals surface area contributed by atoms with Crippen molar-refractivity contribution >= 4 is 21.6 Å². The molecule has 0 radical (unpaired) electrons. The number of ether oxygens (including phenoxy) is 1. The number of carbonyl (C=O) groups excluding carboxylic acids is 2. The molecule has 29 heavy (non-hydrogen) atoms. The van der Waals surface area contributed by atoms with Crippen molar-refractivity contribution in [2.24, 2.45) is 23.2 Å². The second-order valence-electron chi connectivity index (χ2n) is 8.94. The van der Waals surface area contributed by atoms with Gasteiger partial charge in [-0.25, -0.2) is 13.2 Å². The lowest BCUT2D eigenvalue weighted by Gasteiger charge is -2.56. The Labute approximate surface area is 168 Å². The summed E-state index contributed by atoms with van der Waals surface area (Å²) in [6.07, 6.45) is 5.33. The molecule has 158 valence electrons. The average Bonchev–Trinajstić information content (AvgIpc) is 2.66. The maximum Gasteiger partial charge on any atom is 0.341 e. The Bertz CT molecular complexity index is 888. The summed E-state index contributed by atoms with van der Waals surface area (Å²) in [5, 5.41) is 0. The van der Waals surface area contributed by atoms with Crippen LogP contribution in [0.15, 0.2) is 29.2 Å². The lowest BCUT2D eigenvalue weighted by Crippen LogP contribution is -2.52. The summed E-state index contributed by atoms with van der Waals surface area (Å²) in [5.74, 6) is -2.54. The van der Waals surface area contributed by atoms with Crippen LogP contribution in [0.3, 0.4) is 0 Å². The molecule has 0 saturated heterocycles. The van der Waals surface area contributed by atoms with Crippen molar-refractivity contribution in [3.05, 3.63) is 29.8 Å². The zero-order chi connectivity index (χ0) is 21.0. The van der Waals surface area contributed by atoms with E-state index in [4.69, 9.17) is 4.74 Å². The van der Waals surface area contributed by atoms with E-state index in [1.165, 1.54) is 19.3 Å². The fraction of sp³-hybridized carbons (Fsp3) is 0.619. The topological polar surface area (TPSA) is 77.5 Å². The number of hydrogen-bond donors (Lipinski definition) is 0. The fourth-order valence-corrected chi connectivity index (χ4v) is 6.73. The van der Waals surface area contributed by atoms with Gasteiger partial charge in [-0.3, -0.25) is 4.79 Å². The van der Waals surface area contributed by atoms with Crippen molar-refractivity contribution in [2.75, 3.05) is 0 Å². The summed E-state index contributed by atoms with van der Waals surface area (Å²) >= 11 is 0. The Kier molecular flexibility index (Phi) is 5.04. The molecule has 4 fully saturated rings. The minimum absolute atomic E-state index is 0.0170. The molecule has 0 N–H and O–H groups in total. The van der Waals surface area contributed by atoms with Crippen LogP contribution in [0.1, 0.15) is 55.8 Å². The molecule has 1 atom stereocenters. The average molecular weight is 426 g/mol. The first-order valence-electron chi connectivity index (χ1n) is 9.98. The highest BCUT2D eigenvalue weighted by Gasteiger charge is 2.55. The van der Waals surface area contributed by atoms with Gasteiger partial charge in [0.2, 0.25) is 9.84 Å². The Hall–Kier alpha value is -1.83. The molecule has 4 saturated carbocycles. The molecule has 0 aliphatic heterocycles. The van der Waals surface area contributed by atoms with Crippen molar-refractivity contribution in [3.8, 4) is 0 Å². The number of hydrogen-bond acceptors (Lipinski definition) is 5. The van der Waals surface area contributed by atoms with Crippen LogP contribution >= 0.6 is 0 Å². The van der Waals surface area contributed by atoms with Crippen LogP contribution < -0.4 is 0 Å². The van der Waals surface area contributed by atoms with Gasteiger partial charge in [0, 0.05) is 5.41 Å². The zero-order valence-electron chi connectivity index (χ0n) is 16.1. The number of benzene rings is 1. The summed E-state index contributed by atoms with van der Waals surface area (Å²) < 4.78 is 53.5. The number of ketones is 1. The van der Waals surface area contributed by atoms with Crippen LogP contribution in [0.4, 0.5) is 8.78 Å². The highest BCUT2D eigenvalue weighted by atomic mass is 32.2. The molecule has 4 aliphatic rings. The van der Waals surface area contributed by atoms with E-state index in [2.05, 4.69) is 0 Å². The van der Waals surface area contributed by atoms with Crippen LogP contribution in [0, 0.1) is 23.2 Å². The summed E-state index contributed by atoms with van der Waals surface area (Å²) in [6, 6.07) is 4.15. The molecule has 5 rings (SSSR count). The second kappa shape index (κ2) is 7.15. The number of carbonyl (C=O) groups is 2. The SMILES string of the molecule is CC(OC(=O)c1ccc(S(=O)(=O)C(F)F)cc1)C(=O)C12CC3CC(CC(C3)C1)C2. The number of rotatable bonds is 6. The molecule has 0 heterocycles. The predicted octanol–water partition coefficient (Wildman–Crippen LogP) is 4.01. The Morgan fingerprint density at radius 3 is 1.93 bits per heavy atom. The van der Waals surface area contributed by atoms with E-state index in [-0.39, 0.29) is 16.8 Å². The lowest BCUT2D eigenvalue weighted by atomic mass is 9.48. The van der Waals surface area contributed by atoms with E-state index in [0.717, 1.165) is 43.5 Å². The molecular formula is C21H24F2O5S. The number of Topliss-reactive ketones (excluding diaryl/α,β-unsaturated/α-hetero) is 1. The van der Waals surface area contributed by atoms with Crippen molar-refractivity contribution in [1.82, 2.24) is 0 Å². The van der Waals surface area contributed by atoms with Gasteiger partial charge >= 0.3 is 11.7 Å². The standard InChI is InChI=1S/C21H24F2O5S/c1-12(18(24)21-9-13-6-14(10-21)8-15(7-13)11-21)28-19(25)16-2-4-17(5-3-16)29(26,27)20(22)23/h2-5,12-15,20H,6-11H2,1H3. The third kappa shape index (κ3) is 3.60. The molecule has 0 aromatic heterocycles. The van der Waals surface area contributed by atoms with Gasteiger partial charge < -0.3 is 4.74 Å². The first-order valence-corrected chi connectivity index (χ1v) is 11.5. The normalized spacial score (nSPS) is 31.7. The van der Waals surface area contributed by atoms with E-state index < -0.39 is 32.6 Å². The lowest BCUT2D eigenvalue weighted by molar-refractivity contribution is -0.152. The molecule has 5 nitrogen and oxygen atoms in total. The quantitative estimate of drug-likeness (QED) is 0.642. The molecule has 8 heteroatoms. The van der Waals surface area contributed by atoms with Crippen LogP contribution in [-0.4, -0.2) is 32.0 Å². The smallest absolute Gasteiger partial charge is 0.341 e. The largest absolute Gasteiger partial charge is 0.451 e. The van der Waals surface area contributed by atoms with Gasteiger partial charge in [0.25, 0.3) is 0 Å². The highest BCUT2D eigenvalue weighted by Crippen LogP contribution is 2.60. The monoisotopic (exact) mass is 426 g/mol. The Morgan fingerprint density at radius 1 is 1.00 bits per heavy atom. The van der Waals surface area contributed by atoms with Crippen LogP contribution in [0.2, 0.25) is 0 Å². The third-order valence-electron chi connectivity index (χ3n) is 6.87. The predicted molar refractivity (Wildman–Crippen MR) is 100 cm³/mol. The Balaban J connectivity index is 1.44. The van der Waals surface area contributed by atoms with Gasteiger partial charge in [-0.2, -0.15) is 8.78 Å². The van der Waals surface area contributed by atoms with Gasteiger partial charge in [0.1, 0.15) is 0 Å². The zero-order valence-corrected chi connectivity index (χ0v) is 17.0. The van der Waals surface area contributed by atoms with E-state index in [1.807, 2.05) is 0 Å². The van der Waals surface area contributed by atoms with Crippen LogP contribution in [0.5, 0.6) is 0 Å². The van der Waals surface area contributed by atoms with E-state index >= 15 is 0 Å². The van der Waals surface area contributed by atoms with Crippen LogP contribution in [0.25, 0.3) is 0 Å². The van der Waals surface area contributed by atoms with E-state index in [9.17, 15) is 26.8 Å². The first-order chi connectivity index (χ1) is 13.6. The van der Waals surface area contributed by atoms with Crippen molar-refractivity contribution in [1.29, 1.82) is 0 Å². The minimum atomic E-state index is -4.72. The third-order valence-corrected chi connectivity index (χ3v) is 8.27. The minimum Gasteiger partial charge on any atom is -0.451 e. The van der Waals surface area contributed by atoms with E-state index in [1.54, 1.807) is 6.92 Å². The summed E-state index contributed by atoms with van der Waals surface area (Å²) in [5.41, 5.74) is -0.368. The summed E-state index contributed by atoms with van der Waals surface area (Å²) in [6.45, 7) is 1.58. The number of alkyl halides is 2. The van der Waals surface area contributed by atoms with Gasteiger partial charge in [0.15, 0.2) is 11.9 Å². The molecule has 1 aromatic rings. The van der Waals surface area contributed by atoms with Crippen LogP contribution in [-0.2, 0) is 19.4 Å². The molecule has 0 spiro atoms. The summed E-state index contributed by atoms with van der Waals surface area (Å²) in [4.78, 5) is 25.0. The van der Waals surface area contributed by atoms with Crippen molar-refractivity contribution in [2.45, 2.75) is 62.2 Å². The van der Waals surface area contributed by atoms with Gasteiger partial charge in [-0.1, -0.05) is 0 Å². The molecule has 1 aromatic carbocycles.